The molecule has 0 rings (SSSR count). The highest BCUT2D eigenvalue weighted by atomic mass is 16.5. The van der Waals surface area contributed by atoms with E-state index in [1.165, 1.54) is 0 Å². The molecular formula is C9H15NO2. The lowest BCUT2D eigenvalue weighted by Crippen LogP contribution is -2.25. The highest BCUT2D eigenvalue weighted by molar-refractivity contribution is 5.82. The molecule has 0 aromatic rings. The molecule has 0 aromatic carbocycles. The van der Waals surface area contributed by atoms with Gasteiger partial charge in [0.1, 0.15) is 0 Å². The molecular weight excluding hydrogens is 154 g/mol. The van der Waals surface area contributed by atoms with Crippen molar-refractivity contribution < 1.29 is 9.53 Å². The summed E-state index contributed by atoms with van der Waals surface area (Å²) < 4.78 is 4.80. The van der Waals surface area contributed by atoms with E-state index in [4.69, 9.17) is 4.74 Å². The van der Waals surface area contributed by atoms with Gasteiger partial charge in [-0.25, -0.2) is 0 Å². The minimum absolute atomic E-state index is 0.125. The van der Waals surface area contributed by atoms with Gasteiger partial charge in [-0.05, 0) is 6.92 Å². The van der Waals surface area contributed by atoms with E-state index in [9.17, 15) is 4.79 Å². The van der Waals surface area contributed by atoms with Crippen LogP contribution in [0.5, 0.6) is 0 Å². The van der Waals surface area contributed by atoms with Crippen LogP contribution >= 0.6 is 0 Å². The van der Waals surface area contributed by atoms with Gasteiger partial charge >= 0.3 is 0 Å². The summed E-state index contributed by atoms with van der Waals surface area (Å²) in [5, 5.41) is 2.95. The van der Waals surface area contributed by atoms with Gasteiger partial charge in [-0.1, -0.05) is 5.92 Å². The van der Waals surface area contributed by atoms with Crippen molar-refractivity contribution in [2.75, 3.05) is 26.8 Å². The number of carbonyl (C=O) groups excluding carboxylic acids is 1. The van der Waals surface area contributed by atoms with Crippen molar-refractivity contribution in [2.45, 2.75) is 13.3 Å². The standard InChI is InChI=1S/C9H15NO2/c1-3-4-5-9(11)8-10-6-7-12-2/h10H,5-8H2,1-2H3. The number of ether oxygens (including phenoxy) is 1. The van der Waals surface area contributed by atoms with E-state index in [0.29, 0.717) is 26.1 Å². The van der Waals surface area contributed by atoms with Crippen LogP contribution in [-0.4, -0.2) is 32.6 Å². The first-order chi connectivity index (χ1) is 5.81. The van der Waals surface area contributed by atoms with Gasteiger partial charge < -0.3 is 10.1 Å². The van der Waals surface area contributed by atoms with Crippen LogP contribution in [0.3, 0.4) is 0 Å². The molecule has 0 amide bonds. The Bertz CT molecular complexity index is 179. The molecule has 0 radical (unpaired) electrons. The number of nitrogens with one attached hydrogen (secondary N) is 1. The number of hydrogen-bond acceptors (Lipinski definition) is 3. The summed E-state index contributed by atoms with van der Waals surface area (Å²) in [6.07, 6.45) is 0.344. The maximum atomic E-state index is 11.0. The fourth-order valence-corrected chi connectivity index (χ4v) is 0.652. The molecule has 0 aliphatic carbocycles. The highest BCUT2D eigenvalue weighted by Gasteiger charge is 1.96. The van der Waals surface area contributed by atoms with Gasteiger partial charge in [0.15, 0.2) is 5.78 Å². The van der Waals surface area contributed by atoms with Gasteiger partial charge in [0, 0.05) is 13.7 Å². The van der Waals surface area contributed by atoms with E-state index in [1.807, 2.05) is 0 Å². The second-order valence-corrected chi connectivity index (χ2v) is 2.31. The monoisotopic (exact) mass is 169 g/mol. The van der Waals surface area contributed by atoms with E-state index < -0.39 is 0 Å². The third kappa shape index (κ3) is 7.26. The van der Waals surface area contributed by atoms with Gasteiger partial charge in [0.25, 0.3) is 0 Å². The lowest BCUT2D eigenvalue weighted by Gasteiger charge is -2.00. The number of Topliss-reactive ketones (excluding diaryl/α,β-unsaturated/α-hetero) is 1. The second-order valence-electron chi connectivity index (χ2n) is 2.31. The Morgan fingerprint density at radius 1 is 1.58 bits per heavy atom. The molecule has 0 bridgehead atoms. The summed E-state index contributed by atoms with van der Waals surface area (Å²) >= 11 is 0. The molecule has 0 saturated carbocycles. The number of ketones is 1. The quantitative estimate of drug-likeness (QED) is 0.456. The van der Waals surface area contributed by atoms with E-state index >= 15 is 0 Å². The molecule has 68 valence electrons. The number of rotatable bonds is 6. The minimum Gasteiger partial charge on any atom is -0.383 e. The molecule has 3 nitrogen and oxygen atoms in total. The van der Waals surface area contributed by atoms with Crippen LogP contribution < -0.4 is 5.32 Å². The van der Waals surface area contributed by atoms with Crippen LogP contribution in [0.4, 0.5) is 0 Å². The Labute approximate surface area is 73.5 Å². The Balaban J connectivity index is 3.24. The molecule has 0 fully saturated rings. The number of carbonyl (C=O) groups is 1. The minimum atomic E-state index is 0.125. The van der Waals surface area contributed by atoms with Crippen LogP contribution in [0, 0.1) is 11.8 Å². The first-order valence-corrected chi connectivity index (χ1v) is 3.92. The van der Waals surface area contributed by atoms with Crippen LogP contribution in [0.2, 0.25) is 0 Å². The normalized spacial score (nSPS) is 8.83. The molecule has 12 heavy (non-hydrogen) atoms. The molecule has 0 spiro atoms. The summed E-state index contributed by atoms with van der Waals surface area (Å²) in [4.78, 5) is 11.0. The van der Waals surface area contributed by atoms with E-state index in [1.54, 1.807) is 14.0 Å². The van der Waals surface area contributed by atoms with Gasteiger partial charge in [0.05, 0.1) is 19.6 Å². The Morgan fingerprint density at radius 3 is 2.92 bits per heavy atom. The predicted molar refractivity (Wildman–Crippen MR) is 47.8 cm³/mol. The Morgan fingerprint density at radius 2 is 2.33 bits per heavy atom. The van der Waals surface area contributed by atoms with Crippen molar-refractivity contribution in [1.29, 1.82) is 0 Å². The van der Waals surface area contributed by atoms with Crippen LogP contribution in [-0.2, 0) is 9.53 Å². The van der Waals surface area contributed by atoms with Crippen molar-refractivity contribution in [2.24, 2.45) is 0 Å². The molecule has 0 atom stereocenters. The fourth-order valence-electron chi connectivity index (χ4n) is 0.652. The molecule has 0 heterocycles. The van der Waals surface area contributed by atoms with Gasteiger partial charge in [0.2, 0.25) is 0 Å². The van der Waals surface area contributed by atoms with Crippen molar-refractivity contribution in [3.05, 3.63) is 0 Å². The third-order valence-corrected chi connectivity index (χ3v) is 1.27. The van der Waals surface area contributed by atoms with Crippen LogP contribution in [0.1, 0.15) is 13.3 Å². The lowest BCUT2D eigenvalue weighted by atomic mass is 10.3. The van der Waals surface area contributed by atoms with Crippen molar-refractivity contribution in [1.82, 2.24) is 5.32 Å². The van der Waals surface area contributed by atoms with Gasteiger partial charge in [-0.3, -0.25) is 4.79 Å². The van der Waals surface area contributed by atoms with E-state index in [2.05, 4.69) is 17.2 Å². The smallest absolute Gasteiger partial charge is 0.158 e. The van der Waals surface area contributed by atoms with Crippen LogP contribution in [0.25, 0.3) is 0 Å². The number of methoxy groups -OCH3 is 1. The zero-order valence-electron chi connectivity index (χ0n) is 7.64. The summed E-state index contributed by atoms with van der Waals surface area (Å²) in [6, 6.07) is 0. The predicted octanol–water partition coefficient (Wildman–Crippen LogP) is 0.205. The Kier molecular flexibility index (Phi) is 7.66. The number of hydrogen-bond donors (Lipinski definition) is 1. The molecule has 0 aliphatic heterocycles. The van der Waals surface area contributed by atoms with Gasteiger partial charge in [-0.2, -0.15) is 0 Å². The average Bonchev–Trinajstić information content (AvgIpc) is 2.09. The summed E-state index contributed by atoms with van der Waals surface area (Å²) in [7, 11) is 1.63. The largest absolute Gasteiger partial charge is 0.383 e. The molecule has 0 aliphatic rings. The third-order valence-electron chi connectivity index (χ3n) is 1.27. The first-order valence-electron chi connectivity index (χ1n) is 3.92. The van der Waals surface area contributed by atoms with E-state index in [-0.39, 0.29) is 5.78 Å². The summed E-state index contributed by atoms with van der Waals surface area (Å²) in [5.74, 6) is 5.52. The molecule has 0 unspecified atom stereocenters. The van der Waals surface area contributed by atoms with Crippen LogP contribution in [0.15, 0.2) is 0 Å². The zero-order valence-corrected chi connectivity index (χ0v) is 7.64. The maximum Gasteiger partial charge on any atom is 0.158 e. The molecule has 3 heteroatoms. The zero-order chi connectivity index (χ0) is 9.23. The topological polar surface area (TPSA) is 38.3 Å². The van der Waals surface area contributed by atoms with Gasteiger partial charge in [-0.15, -0.1) is 5.92 Å². The maximum absolute atomic E-state index is 11.0. The summed E-state index contributed by atoms with van der Waals surface area (Å²) in [6.45, 7) is 3.46. The van der Waals surface area contributed by atoms with Crippen molar-refractivity contribution in [3.63, 3.8) is 0 Å². The summed E-state index contributed by atoms with van der Waals surface area (Å²) in [5.41, 5.74) is 0. The Hall–Kier alpha value is -0.850. The molecule has 0 saturated heterocycles. The first kappa shape index (κ1) is 11.2. The second kappa shape index (κ2) is 8.25. The highest BCUT2D eigenvalue weighted by Crippen LogP contribution is 1.78. The molecule has 0 aromatic heterocycles. The van der Waals surface area contributed by atoms with E-state index in [0.717, 1.165) is 0 Å². The average molecular weight is 169 g/mol. The SMILES string of the molecule is CC#CCC(=O)CNCCOC. The fraction of sp³-hybridized carbons (Fsp3) is 0.667. The van der Waals surface area contributed by atoms with Crippen molar-refractivity contribution in [3.8, 4) is 11.8 Å². The molecule has 1 N–H and O–H groups in total. The lowest BCUT2D eigenvalue weighted by molar-refractivity contribution is -0.117. The van der Waals surface area contributed by atoms with Crippen molar-refractivity contribution >= 4 is 5.78 Å².